The standard InChI is InChI=1S/C11H22O2/c1-5-7-10(3)11(8-6-2)13-9-12-4/h5,10-11H,1,6-9H2,2-4H3/t10-,11-/m0/s1. The van der Waals surface area contributed by atoms with Gasteiger partial charge in [0.25, 0.3) is 0 Å². The Morgan fingerprint density at radius 3 is 2.62 bits per heavy atom. The molecule has 0 aromatic heterocycles. The molecule has 0 aliphatic carbocycles. The van der Waals surface area contributed by atoms with Gasteiger partial charge in [0.2, 0.25) is 0 Å². The van der Waals surface area contributed by atoms with Crippen LogP contribution in [0.3, 0.4) is 0 Å². The predicted molar refractivity (Wildman–Crippen MR) is 55.6 cm³/mol. The molecule has 0 radical (unpaired) electrons. The number of ether oxygens (including phenoxy) is 2. The lowest BCUT2D eigenvalue weighted by molar-refractivity contribution is -0.0911. The lowest BCUT2D eigenvalue weighted by Gasteiger charge is -2.22. The van der Waals surface area contributed by atoms with Crippen molar-refractivity contribution in [1.29, 1.82) is 0 Å². The fourth-order valence-corrected chi connectivity index (χ4v) is 1.39. The van der Waals surface area contributed by atoms with Gasteiger partial charge in [-0.2, -0.15) is 0 Å². The summed E-state index contributed by atoms with van der Waals surface area (Å²) in [4.78, 5) is 0. The van der Waals surface area contributed by atoms with Gasteiger partial charge in [0.05, 0.1) is 6.10 Å². The summed E-state index contributed by atoms with van der Waals surface area (Å²) in [5.74, 6) is 0.535. The fourth-order valence-electron chi connectivity index (χ4n) is 1.39. The van der Waals surface area contributed by atoms with Gasteiger partial charge >= 0.3 is 0 Å². The lowest BCUT2D eigenvalue weighted by Crippen LogP contribution is -2.22. The predicted octanol–water partition coefficient (Wildman–Crippen LogP) is 2.99. The van der Waals surface area contributed by atoms with E-state index in [1.165, 1.54) is 0 Å². The lowest BCUT2D eigenvalue weighted by atomic mass is 9.97. The summed E-state index contributed by atoms with van der Waals surface area (Å²) < 4.78 is 10.5. The van der Waals surface area contributed by atoms with Gasteiger partial charge in [-0.3, -0.25) is 0 Å². The van der Waals surface area contributed by atoms with Crippen molar-refractivity contribution in [1.82, 2.24) is 0 Å². The van der Waals surface area contributed by atoms with Crippen molar-refractivity contribution in [3.63, 3.8) is 0 Å². The van der Waals surface area contributed by atoms with Crippen molar-refractivity contribution in [3.8, 4) is 0 Å². The second-order valence-electron chi connectivity index (χ2n) is 3.40. The summed E-state index contributed by atoms with van der Waals surface area (Å²) in [7, 11) is 1.65. The minimum absolute atomic E-state index is 0.308. The molecular formula is C11H22O2. The first kappa shape index (κ1) is 12.7. The van der Waals surface area contributed by atoms with Crippen LogP contribution in [0, 0.1) is 5.92 Å². The topological polar surface area (TPSA) is 18.5 Å². The molecule has 0 aromatic carbocycles. The summed E-state index contributed by atoms with van der Waals surface area (Å²) in [6.07, 6.45) is 5.51. The monoisotopic (exact) mass is 186 g/mol. The zero-order valence-corrected chi connectivity index (χ0v) is 9.08. The normalized spacial score (nSPS) is 15.3. The second kappa shape index (κ2) is 8.27. The van der Waals surface area contributed by atoms with Crippen molar-refractivity contribution < 1.29 is 9.47 Å². The maximum absolute atomic E-state index is 5.58. The van der Waals surface area contributed by atoms with E-state index in [4.69, 9.17) is 9.47 Å². The molecule has 0 spiro atoms. The van der Waals surface area contributed by atoms with Gasteiger partial charge in [-0.25, -0.2) is 0 Å². The molecule has 0 saturated heterocycles. The van der Waals surface area contributed by atoms with Crippen LogP contribution in [-0.4, -0.2) is 20.0 Å². The summed E-state index contributed by atoms with van der Waals surface area (Å²) in [6, 6.07) is 0. The van der Waals surface area contributed by atoms with Gasteiger partial charge in [0, 0.05) is 7.11 Å². The number of hydrogen-bond donors (Lipinski definition) is 0. The zero-order chi connectivity index (χ0) is 10.1. The molecule has 0 rings (SSSR count). The second-order valence-corrected chi connectivity index (χ2v) is 3.40. The Kier molecular flexibility index (Phi) is 8.05. The Morgan fingerprint density at radius 2 is 2.15 bits per heavy atom. The molecule has 0 heterocycles. The molecule has 2 nitrogen and oxygen atoms in total. The molecule has 0 aliphatic rings. The third-order valence-corrected chi connectivity index (χ3v) is 2.15. The maximum Gasteiger partial charge on any atom is 0.146 e. The van der Waals surface area contributed by atoms with Crippen molar-refractivity contribution in [2.75, 3.05) is 13.9 Å². The summed E-state index contributed by atoms with van der Waals surface area (Å²) in [5.41, 5.74) is 0. The van der Waals surface area contributed by atoms with Crippen molar-refractivity contribution in [2.24, 2.45) is 5.92 Å². The van der Waals surface area contributed by atoms with Gasteiger partial charge in [-0.15, -0.1) is 6.58 Å². The van der Waals surface area contributed by atoms with Gasteiger partial charge in [-0.1, -0.05) is 26.3 Å². The molecule has 2 heteroatoms. The van der Waals surface area contributed by atoms with Crippen LogP contribution < -0.4 is 0 Å². The Balaban J connectivity index is 3.82. The molecule has 0 aromatic rings. The van der Waals surface area contributed by atoms with Gasteiger partial charge in [-0.05, 0) is 18.8 Å². The number of methoxy groups -OCH3 is 1. The first-order valence-electron chi connectivity index (χ1n) is 4.97. The highest BCUT2D eigenvalue weighted by atomic mass is 16.7. The minimum Gasteiger partial charge on any atom is -0.359 e. The Hall–Kier alpha value is -0.340. The maximum atomic E-state index is 5.58. The van der Waals surface area contributed by atoms with E-state index in [0.29, 0.717) is 18.8 Å². The molecule has 0 amide bonds. The van der Waals surface area contributed by atoms with Crippen LogP contribution in [0.4, 0.5) is 0 Å². The van der Waals surface area contributed by atoms with Crippen molar-refractivity contribution in [3.05, 3.63) is 12.7 Å². The molecule has 0 bridgehead atoms. The minimum atomic E-state index is 0.308. The van der Waals surface area contributed by atoms with Crippen LogP contribution in [0.1, 0.15) is 33.1 Å². The first-order valence-corrected chi connectivity index (χ1v) is 4.97. The van der Waals surface area contributed by atoms with E-state index in [-0.39, 0.29) is 0 Å². The number of hydrogen-bond acceptors (Lipinski definition) is 2. The van der Waals surface area contributed by atoms with Crippen LogP contribution in [0.5, 0.6) is 0 Å². The molecule has 78 valence electrons. The molecule has 0 N–H and O–H groups in total. The largest absolute Gasteiger partial charge is 0.359 e. The zero-order valence-electron chi connectivity index (χ0n) is 9.08. The third kappa shape index (κ3) is 5.83. The molecule has 2 atom stereocenters. The Labute approximate surface area is 81.9 Å². The highest BCUT2D eigenvalue weighted by Gasteiger charge is 2.15. The summed E-state index contributed by atoms with van der Waals surface area (Å²) in [6.45, 7) is 8.49. The Bertz CT molecular complexity index is 123. The van der Waals surface area contributed by atoms with Crippen molar-refractivity contribution in [2.45, 2.75) is 39.2 Å². The van der Waals surface area contributed by atoms with E-state index < -0.39 is 0 Å². The van der Waals surface area contributed by atoms with E-state index >= 15 is 0 Å². The van der Waals surface area contributed by atoms with Crippen LogP contribution in [0.15, 0.2) is 12.7 Å². The van der Waals surface area contributed by atoms with E-state index in [1.54, 1.807) is 7.11 Å². The van der Waals surface area contributed by atoms with Gasteiger partial charge < -0.3 is 9.47 Å². The van der Waals surface area contributed by atoms with Crippen LogP contribution in [0.2, 0.25) is 0 Å². The average Bonchev–Trinajstić information content (AvgIpc) is 2.12. The van der Waals surface area contributed by atoms with Crippen LogP contribution >= 0.6 is 0 Å². The number of rotatable bonds is 8. The van der Waals surface area contributed by atoms with Gasteiger partial charge in [0.15, 0.2) is 0 Å². The van der Waals surface area contributed by atoms with E-state index in [2.05, 4.69) is 20.4 Å². The van der Waals surface area contributed by atoms with Crippen LogP contribution in [0.25, 0.3) is 0 Å². The number of allylic oxidation sites excluding steroid dienone is 1. The summed E-state index contributed by atoms with van der Waals surface area (Å²) in [5, 5.41) is 0. The third-order valence-electron chi connectivity index (χ3n) is 2.15. The first-order chi connectivity index (χ1) is 6.26. The highest BCUT2D eigenvalue weighted by molar-refractivity contribution is 4.75. The quantitative estimate of drug-likeness (QED) is 0.428. The smallest absolute Gasteiger partial charge is 0.146 e. The average molecular weight is 186 g/mol. The summed E-state index contributed by atoms with van der Waals surface area (Å²) >= 11 is 0. The Morgan fingerprint density at radius 1 is 1.46 bits per heavy atom. The van der Waals surface area contributed by atoms with Crippen molar-refractivity contribution >= 4 is 0 Å². The van der Waals surface area contributed by atoms with E-state index in [9.17, 15) is 0 Å². The molecular weight excluding hydrogens is 164 g/mol. The highest BCUT2D eigenvalue weighted by Crippen LogP contribution is 2.17. The molecule has 0 saturated carbocycles. The van der Waals surface area contributed by atoms with E-state index in [0.717, 1.165) is 19.3 Å². The molecule has 0 fully saturated rings. The SMILES string of the molecule is C=CC[C@H](C)[C@H](CCC)OCOC. The molecule has 0 aliphatic heterocycles. The molecule has 0 unspecified atom stereocenters. The van der Waals surface area contributed by atoms with Gasteiger partial charge in [0.1, 0.15) is 6.79 Å². The fraction of sp³-hybridized carbons (Fsp3) is 0.818. The molecule has 13 heavy (non-hydrogen) atoms. The van der Waals surface area contributed by atoms with E-state index in [1.807, 2.05) is 6.08 Å². The van der Waals surface area contributed by atoms with Crippen LogP contribution in [-0.2, 0) is 9.47 Å².